The summed E-state index contributed by atoms with van der Waals surface area (Å²) in [6.07, 6.45) is -0.440. The van der Waals surface area contributed by atoms with E-state index >= 15 is 0 Å². The number of aliphatic hydroxyl groups excluding tert-OH is 1. The molecule has 0 radical (unpaired) electrons. The molecule has 1 aliphatic heterocycles. The SMILES string of the molecule is CC(C)N1CC(C(O)CN)c2ccccc21. The molecule has 1 aliphatic rings. The molecule has 1 aromatic carbocycles. The highest BCUT2D eigenvalue weighted by Crippen LogP contribution is 2.38. The molecule has 0 aliphatic carbocycles. The third-order valence-corrected chi connectivity index (χ3v) is 3.37. The van der Waals surface area contributed by atoms with E-state index in [-0.39, 0.29) is 5.92 Å². The van der Waals surface area contributed by atoms with Crippen LogP contribution in [0.2, 0.25) is 0 Å². The van der Waals surface area contributed by atoms with E-state index in [4.69, 9.17) is 5.73 Å². The monoisotopic (exact) mass is 220 g/mol. The van der Waals surface area contributed by atoms with Gasteiger partial charge in [-0.05, 0) is 25.5 Å². The van der Waals surface area contributed by atoms with Gasteiger partial charge in [0.25, 0.3) is 0 Å². The molecule has 1 heterocycles. The maximum Gasteiger partial charge on any atom is 0.0748 e. The molecule has 3 heteroatoms. The molecule has 88 valence electrons. The van der Waals surface area contributed by atoms with Gasteiger partial charge >= 0.3 is 0 Å². The first-order valence-electron chi connectivity index (χ1n) is 5.89. The quantitative estimate of drug-likeness (QED) is 0.807. The molecule has 16 heavy (non-hydrogen) atoms. The zero-order valence-electron chi connectivity index (χ0n) is 9.93. The van der Waals surface area contributed by atoms with Crippen LogP contribution in [0.15, 0.2) is 24.3 Å². The smallest absolute Gasteiger partial charge is 0.0748 e. The Hall–Kier alpha value is -1.06. The van der Waals surface area contributed by atoms with Crippen molar-refractivity contribution in [2.75, 3.05) is 18.0 Å². The van der Waals surface area contributed by atoms with Gasteiger partial charge in [-0.3, -0.25) is 0 Å². The number of aliphatic hydroxyl groups is 1. The van der Waals surface area contributed by atoms with Crippen LogP contribution in [0.4, 0.5) is 5.69 Å². The van der Waals surface area contributed by atoms with Crippen LogP contribution in [0.1, 0.15) is 25.3 Å². The number of anilines is 1. The van der Waals surface area contributed by atoms with Crippen molar-refractivity contribution in [2.45, 2.75) is 31.9 Å². The maximum absolute atomic E-state index is 9.95. The van der Waals surface area contributed by atoms with Gasteiger partial charge in [0.1, 0.15) is 0 Å². The highest BCUT2D eigenvalue weighted by atomic mass is 16.3. The topological polar surface area (TPSA) is 49.5 Å². The molecule has 0 amide bonds. The molecule has 2 atom stereocenters. The van der Waals surface area contributed by atoms with Crippen molar-refractivity contribution in [3.05, 3.63) is 29.8 Å². The van der Waals surface area contributed by atoms with Crippen LogP contribution in [0, 0.1) is 0 Å². The Morgan fingerprint density at radius 1 is 1.44 bits per heavy atom. The molecule has 0 fully saturated rings. The van der Waals surface area contributed by atoms with Crippen LogP contribution in [-0.2, 0) is 0 Å². The van der Waals surface area contributed by atoms with Crippen molar-refractivity contribution < 1.29 is 5.11 Å². The lowest BCUT2D eigenvalue weighted by atomic mass is 9.95. The summed E-state index contributed by atoms with van der Waals surface area (Å²) in [6.45, 7) is 5.54. The molecular weight excluding hydrogens is 200 g/mol. The highest BCUT2D eigenvalue weighted by molar-refractivity contribution is 5.61. The lowest BCUT2D eigenvalue weighted by Gasteiger charge is -2.25. The lowest BCUT2D eigenvalue weighted by molar-refractivity contribution is 0.155. The van der Waals surface area contributed by atoms with Gasteiger partial charge in [0, 0.05) is 30.7 Å². The summed E-state index contributed by atoms with van der Waals surface area (Å²) in [4.78, 5) is 2.33. The van der Waals surface area contributed by atoms with Gasteiger partial charge in [-0.1, -0.05) is 18.2 Å². The minimum Gasteiger partial charge on any atom is -0.391 e. The molecule has 0 saturated heterocycles. The molecule has 2 rings (SSSR count). The summed E-state index contributed by atoms with van der Waals surface area (Å²) in [7, 11) is 0. The average molecular weight is 220 g/mol. The van der Waals surface area contributed by atoms with E-state index in [2.05, 4.69) is 30.9 Å². The Morgan fingerprint density at radius 3 is 2.75 bits per heavy atom. The van der Waals surface area contributed by atoms with E-state index < -0.39 is 6.10 Å². The fourth-order valence-corrected chi connectivity index (χ4v) is 2.45. The molecule has 1 aromatic rings. The Kier molecular flexibility index (Phi) is 3.17. The second-order valence-electron chi connectivity index (χ2n) is 4.71. The zero-order valence-corrected chi connectivity index (χ0v) is 9.93. The van der Waals surface area contributed by atoms with Crippen molar-refractivity contribution in [3.8, 4) is 0 Å². The van der Waals surface area contributed by atoms with Gasteiger partial charge in [-0.15, -0.1) is 0 Å². The van der Waals surface area contributed by atoms with Gasteiger partial charge in [0.05, 0.1) is 6.10 Å². The molecular formula is C13H20N2O. The summed E-state index contributed by atoms with van der Waals surface area (Å²) in [5.74, 6) is 0.156. The number of hydrogen-bond acceptors (Lipinski definition) is 3. The van der Waals surface area contributed by atoms with Crippen LogP contribution in [0.3, 0.4) is 0 Å². The molecule has 3 nitrogen and oxygen atoms in total. The Labute approximate surface area is 96.9 Å². The standard InChI is InChI=1S/C13H20N2O/c1-9(2)15-8-11(13(16)7-14)10-5-3-4-6-12(10)15/h3-6,9,11,13,16H,7-8,14H2,1-2H3. The summed E-state index contributed by atoms with van der Waals surface area (Å²) in [5.41, 5.74) is 8.04. The third-order valence-electron chi connectivity index (χ3n) is 3.37. The van der Waals surface area contributed by atoms with Crippen LogP contribution >= 0.6 is 0 Å². The van der Waals surface area contributed by atoms with E-state index in [1.54, 1.807) is 0 Å². The Balaban J connectivity index is 2.35. The van der Waals surface area contributed by atoms with Crippen LogP contribution in [-0.4, -0.2) is 30.3 Å². The molecule has 0 aromatic heterocycles. The first-order chi connectivity index (χ1) is 7.65. The largest absolute Gasteiger partial charge is 0.391 e. The fraction of sp³-hybridized carbons (Fsp3) is 0.538. The van der Waals surface area contributed by atoms with Gasteiger partial charge in [0.2, 0.25) is 0 Å². The number of rotatable bonds is 3. The number of benzene rings is 1. The predicted octanol–water partition coefficient (Wildman–Crippen LogP) is 1.32. The van der Waals surface area contributed by atoms with Gasteiger partial charge in [-0.25, -0.2) is 0 Å². The lowest BCUT2D eigenvalue weighted by Crippen LogP contribution is -2.34. The minimum atomic E-state index is -0.440. The molecule has 0 bridgehead atoms. The summed E-state index contributed by atoms with van der Waals surface area (Å²) >= 11 is 0. The van der Waals surface area contributed by atoms with E-state index in [1.807, 2.05) is 12.1 Å². The van der Waals surface area contributed by atoms with Crippen molar-refractivity contribution >= 4 is 5.69 Å². The van der Waals surface area contributed by atoms with E-state index in [9.17, 15) is 5.11 Å². The minimum absolute atomic E-state index is 0.156. The van der Waals surface area contributed by atoms with Crippen LogP contribution in [0.5, 0.6) is 0 Å². The molecule has 3 N–H and O–H groups in total. The fourth-order valence-electron chi connectivity index (χ4n) is 2.45. The van der Waals surface area contributed by atoms with Crippen molar-refractivity contribution in [2.24, 2.45) is 5.73 Å². The summed E-state index contributed by atoms with van der Waals surface area (Å²) < 4.78 is 0. The molecule has 0 spiro atoms. The van der Waals surface area contributed by atoms with E-state index in [1.165, 1.54) is 11.3 Å². The van der Waals surface area contributed by atoms with Crippen molar-refractivity contribution in [1.29, 1.82) is 0 Å². The van der Waals surface area contributed by atoms with Gasteiger partial charge in [0.15, 0.2) is 0 Å². The second-order valence-corrected chi connectivity index (χ2v) is 4.71. The third kappa shape index (κ3) is 1.81. The first kappa shape index (κ1) is 11.4. The number of nitrogens with zero attached hydrogens (tertiary/aromatic N) is 1. The highest BCUT2D eigenvalue weighted by Gasteiger charge is 2.33. The molecule has 2 unspecified atom stereocenters. The summed E-state index contributed by atoms with van der Waals surface area (Å²) in [5, 5.41) is 9.95. The van der Waals surface area contributed by atoms with Crippen LogP contribution < -0.4 is 10.6 Å². The predicted molar refractivity (Wildman–Crippen MR) is 66.7 cm³/mol. The first-order valence-corrected chi connectivity index (χ1v) is 5.89. The number of hydrogen-bond donors (Lipinski definition) is 2. The van der Waals surface area contributed by atoms with Gasteiger partial charge < -0.3 is 15.7 Å². The maximum atomic E-state index is 9.95. The van der Waals surface area contributed by atoms with Gasteiger partial charge in [-0.2, -0.15) is 0 Å². The van der Waals surface area contributed by atoms with Crippen molar-refractivity contribution in [1.82, 2.24) is 0 Å². The number of nitrogens with two attached hydrogens (primary N) is 1. The number of para-hydroxylation sites is 1. The molecule has 0 saturated carbocycles. The average Bonchev–Trinajstić information content (AvgIpc) is 2.67. The Morgan fingerprint density at radius 2 is 2.12 bits per heavy atom. The van der Waals surface area contributed by atoms with E-state index in [0.717, 1.165) is 6.54 Å². The second kappa shape index (κ2) is 4.44. The van der Waals surface area contributed by atoms with Crippen molar-refractivity contribution in [3.63, 3.8) is 0 Å². The summed E-state index contributed by atoms with van der Waals surface area (Å²) in [6, 6.07) is 8.75. The zero-order chi connectivity index (χ0) is 11.7. The normalized spacial score (nSPS) is 21.3. The van der Waals surface area contributed by atoms with Crippen LogP contribution in [0.25, 0.3) is 0 Å². The Bertz CT molecular complexity index is 365. The van der Waals surface area contributed by atoms with E-state index in [0.29, 0.717) is 12.6 Å². The number of fused-ring (bicyclic) bond motifs is 1.